The SMILES string of the molecule is C.C.C.Cc1cc(C)n(-c2cc(B3OC(C)(C)C(C)(C)O3)cc(N3CCOCC3)c2)n1.Cc1cc(C)n(-c2cc(Br)cc(Br)c2)n1.Cc1cc(C)n(-c2cc(Br)cc(N3CCOCC3)c2)n1.Nc1cc(Br)cc(Br)c1. The van der Waals surface area contributed by atoms with Gasteiger partial charge < -0.3 is 34.3 Å². The van der Waals surface area contributed by atoms with Crippen molar-refractivity contribution < 1.29 is 18.8 Å². The minimum absolute atomic E-state index is 0. The van der Waals surface area contributed by atoms with E-state index < -0.39 is 7.12 Å². The van der Waals surface area contributed by atoms with Crippen molar-refractivity contribution in [3.8, 4) is 17.1 Å². The van der Waals surface area contributed by atoms with E-state index in [2.05, 4.69) is 208 Å². The van der Waals surface area contributed by atoms with Crippen LogP contribution in [-0.2, 0) is 18.8 Å². The van der Waals surface area contributed by atoms with Crippen LogP contribution in [0.3, 0.4) is 0 Å². The molecule has 3 saturated heterocycles. The first-order chi connectivity index (χ1) is 34.0. The standard InChI is InChI=1S/C21H30BN3O3.C15H18BrN3O.C11H10Br2N2.C6H5Br2N.3CH4/c1-15-11-16(2)25(23-15)19-13-17(22-27-20(3,4)21(5,6)28-22)12-18(14-19)24-7-9-26-10-8-24;1-11-7-12(2)19(17-11)15-9-13(16)8-14(10-15)18-3-5-20-6-4-18;1-7-3-8(2)15(14-7)11-5-9(12)4-10(13)6-11;7-4-1-5(8)3-6(9)2-4;;;/h11-14H,7-10H2,1-6H3;7-10H,3-6H2,1-2H3;3-6H,1-2H3;1-3H,9H2;3*1H4. The van der Waals surface area contributed by atoms with Crippen molar-refractivity contribution in [1.29, 1.82) is 0 Å². The number of benzene rings is 4. The molecule has 3 aliphatic rings. The van der Waals surface area contributed by atoms with E-state index in [1.165, 1.54) is 5.69 Å². The van der Waals surface area contributed by atoms with Gasteiger partial charge in [0.15, 0.2) is 0 Å². The molecule has 406 valence electrons. The van der Waals surface area contributed by atoms with Crippen molar-refractivity contribution in [3.05, 3.63) is 148 Å². The number of nitrogens with two attached hydrogens (primary N) is 1. The summed E-state index contributed by atoms with van der Waals surface area (Å²) >= 11 is 17.2. The molecule has 0 amide bonds. The molecule has 0 atom stereocenters. The number of hydrogen-bond acceptors (Lipinski definition) is 10. The van der Waals surface area contributed by atoms with Crippen LogP contribution in [0.5, 0.6) is 0 Å². The highest BCUT2D eigenvalue weighted by molar-refractivity contribution is 9.11. The minimum Gasteiger partial charge on any atom is -0.399 e. The molecule has 19 heteroatoms. The van der Waals surface area contributed by atoms with Crippen LogP contribution >= 0.6 is 79.6 Å². The van der Waals surface area contributed by atoms with Crippen LogP contribution in [0.15, 0.2) is 113 Å². The maximum atomic E-state index is 6.32. The number of hydrogen-bond donors (Lipinski definition) is 1. The molecule has 3 fully saturated rings. The second-order valence-electron chi connectivity index (χ2n) is 19.1. The van der Waals surface area contributed by atoms with Gasteiger partial charge in [0.2, 0.25) is 0 Å². The van der Waals surface area contributed by atoms with Gasteiger partial charge >= 0.3 is 7.12 Å². The topological polar surface area (TPSA) is 123 Å². The van der Waals surface area contributed by atoms with Crippen molar-refractivity contribution in [2.45, 2.75) is 103 Å². The molecule has 0 saturated carbocycles. The fraction of sp³-hybridized carbons (Fsp3) is 0.411. The third-order valence-corrected chi connectivity index (χ3v) is 14.9. The lowest BCUT2D eigenvalue weighted by Crippen LogP contribution is -2.41. The summed E-state index contributed by atoms with van der Waals surface area (Å²) in [4.78, 5) is 4.71. The Hall–Kier alpha value is -3.79. The Balaban J connectivity index is 0.000000228. The van der Waals surface area contributed by atoms with Crippen LogP contribution in [0.25, 0.3) is 17.1 Å². The van der Waals surface area contributed by atoms with E-state index in [-0.39, 0.29) is 33.5 Å². The lowest BCUT2D eigenvalue weighted by Gasteiger charge is -2.32. The van der Waals surface area contributed by atoms with Gasteiger partial charge in [-0.25, -0.2) is 14.0 Å². The summed E-state index contributed by atoms with van der Waals surface area (Å²) in [7, 11) is -0.401. The third kappa shape index (κ3) is 16.9. The second kappa shape index (κ2) is 27.7. The lowest BCUT2D eigenvalue weighted by atomic mass is 9.78. The lowest BCUT2D eigenvalue weighted by molar-refractivity contribution is 0.00578. The first-order valence-corrected chi connectivity index (χ1v) is 27.8. The van der Waals surface area contributed by atoms with Crippen molar-refractivity contribution in [2.24, 2.45) is 0 Å². The van der Waals surface area contributed by atoms with Gasteiger partial charge in [0.1, 0.15) is 0 Å². The number of halogens is 5. The van der Waals surface area contributed by atoms with Gasteiger partial charge in [-0.2, -0.15) is 15.3 Å². The van der Waals surface area contributed by atoms with E-state index in [0.717, 1.165) is 143 Å². The van der Waals surface area contributed by atoms with E-state index in [4.69, 9.17) is 24.5 Å². The van der Waals surface area contributed by atoms with Crippen molar-refractivity contribution >= 4 is 109 Å². The molecule has 0 aliphatic carbocycles. The summed E-state index contributed by atoms with van der Waals surface area (Å²) in [6.07, 6.45) is 0. The number of aryl methyl sites for hydroxylation is 6. The molecular formula is C56H75BBr5N9O4. The van der Waals surface area contributed by atoms with E-state index in [0.29, 0.717) is 0 Å². The third-order valence-electron chi connectivity index (χ3n) is 12.6. The van der Waals surface area contributed by atoms with Crippen molar-refractivity contribution in [1.82, 2.24) is 29.3 Å². The zero-order chi connectivity index (χ0) is 52.1. The van der Waals surface area contributed by atoms with Crippen LogP contribution in [-0.4, -0.2) is 100 Å². The zero-order valence-electron chi connectivity index (χ0n) is 42.6. The fourth-order valence-corrected chi connectivity index (χ4v) is 11.5. The summed E-state index contributed by atoms with van der Waals surface area (Å²) in [6.45, 7) is 27.3. The molecule has 0 unspecified atom stereocenters. The molecule has 75 heavy (non-hydrogen) atoms. The van der Waals surface area contributed by atoms with Crippen LogP contribution in [0.4, 0.5) is 17.1 Å². The number of anilines is 3. The quantitative estimate of drug-likeness (QED) is 0.127. The Morgan fingerprint density at radius 2 is 0.720 bits per heavy atom. The normalized spacial score (nSPS) is 15.4. The van der Waals surface area contributed by atoms with E-state index in [9.17, 15) is 0 Å². The van der Waals surface area contributed by atoms with Gasteiger partial charge in [-0.1, -0.05) is 102 Å². The maximum Gasteiger partial charge on any atom is 0.494 e. The van der Waals surface area contributed by atoms with Crippen LogP contribution in [0, 0.1) is 41.5 Å². The number of ether oxygens (including phenoxy) is 2. The van der Waals surface area contributed by atoms with E-state index in [1.54, 1.807) is 0 Å². The van der Waals surface area contributed by atoms with Crippen LogP contribution in [0.2, 0.25) is 0 Å². The number of nitrogen functional groups attached to an aromatic ring is 1. The van der Waals surface area contributed by atoms with E-state index in [1.807, 2.05) is 71.2 Å². The molecule has 13 nitrogen and oxygen atoms in total. The van der Waals surface area contributed by atoms with Crippen molar-refractivity contribution in [3.63, 3.8) is 0 Å². The van der Waals surface area contributed by atoms with Gasteiger partial charge in [-0.3, -0.25) is 0 Å². The summed E-state index contributed by atoms with van der Waals surface area (Å²) in [5.74, 6) is 0. The van der Waals surface area contributed by atoms with Crippen molar-refractivity contribution in [2.75, 3.05) is 68.1 Å². The Bertz CT molecular complexity index is 2900. The predicted molar refractivity (Wildman–Crippen MR) is 330 cm³/mol. The maximum absolute atomic E-state index is 6.32. The number of morpholine rings is 2. The Morgan fingerprint density at radius 1 is 0.427 bits per heavy atom. The van der Waals surface area contributed by atoms with Gasteiger partial charge in [0, 0.05) is 82.7 Å². The first-order valence-electron chi connectivity index (χ1n) is 23.8. The molecule has 4 aromatic carbocycles. The first kappa shape index (κ1) is 63.7. The van der Waals surface area contributed by atoms with Gasteiger partial charge in [-0.05, 0) is 166 Å². The van der Waals surface area contributed by atoms with E-state index >= 15 is 0 Å². The largest absolute Gasteiger partial charge is 0.494 e. The molecule has 0 bridgehead atoms. The Labute approximate surface area is 489 Å². The molecule has 3 aliphatic heterocycles. The molecule has 10 rings (SSSR count). The molecule has 6 heterocycles. The smallest absolute Gasteiger partial charge is 0.399 e. The van der Waals surface area contributed by atoms with Gasteiger partial charge in [-0.15, -0.1) is 0 Å². The molecule has 7 aromatic rings. The number of rotatable bonds is 6. The Kier molecular flexibility index (Phi) is 23.5. The average Bonchev–Trinajstić information content (AvgIpc) is 4.02. The highest BCUT2D eigenvalue weighted by Gasteiger charge is 2.52. The Morgan fingerprint density at radius 3 is 1.07 bits per heavy atom. The highest BCUT2D eigenvalue weighted by atomic mass is 79.9. The zero-order valence-corrected chi connectivity index (χ0v) is 50.5. The molecule has 2 N–H and O–H groups in total. The van der Waals surface area contributed by atoms with Crippen LogP contribution < -0.4 is 21.0 Å². The summed E-state index contributed by atoms with van der Waals surface area (Å²) in [5.41, 5.74) is 18.5. The highest BCUT2D eigenvalue weighted by Crippen LogP contribution is 2.37. The fourth-order valence-electron chi connectivity index (χ4n) is 8.45. The minimum atomic E-state index is -0.401. The van der Waals surface area contributed by atoms with Crippen LogP contribution in [0.1, 0.15) is 84.1 Å². The number of nitrogens with zero attached hydrogens (tertiary/aromatic N) is 8. The number of aromatic nitrogens is 6. The predicted octanol–water partition coefficient (Wildman–Crippen LogP) is 14.4. The average molecular weight is 1350 g/mol. The van der Waals surface area contributed by atoms with Gasteiger partial charge in [0.05, 0.1) is 71.8 Å². The molecular weight excluding hydrogens is 1270 g/mol. The second-order valence-corrected chi connectivity index (χ2v) is 23.7. The summed E-state index contributed by atoms with van der Waals surface area (Å²) in [6, 6.07) is 30.9. The molecule has 0 spiro atoms. The summed E-state index contributed by atoms with van der Waals surface area (Å²) < 4.78 is 34.7. The molecule has 0 radical (unpaired) electrons. The molecule has 3 aromatic heterocycles. The monoisotopic (exact) mass is 1340 g/mol. The van der Waals surface area contributed by atoms with Gasteiger partial charge in [0.25, 0.3) is 0 Å². The summed E-state index contributed by atoms with van der Waals surface area (Å²) in [5, 5.41) is 13.7.